The summed E-state index contributed by atoms with van der Waals surface area (Å²) in [6.07, 6.45) is 3.76. The Kier molecular flexibility index (Phi) is 2.17. The molecule has 0 aliphatic carbocycles. The van der Waals surface area contributed by atoms with Crippen molar-refractivity contribution >= 4 is 40.6 Å². The van der Waals surface area contributed by atoms with E-state index < -0.39 is 0 Å². The number of nitrogens with zero attached hydrogens (tertiary/aromatic N) is 5. The first kappa shape index (κ1) is 10.9. The molecule has 3 aliphatic heterocycles. The van der Waals surface area contributed by atoms with Gasteiger partial charge in [-0.3, -0.25) is 4.79 Å². The van der Waals surface area contributed by atoms with Crippen LogP contribution in [0.3, 0.4) is 0 Å². The molecule has 0 N–H and O–H groups in total. The molecule has 7 heteroatoms. The van der Waals surface area contributed by atoms with Crippen LogP contribution in [-0.4, -0.2) is 47.1 Å². The lowest BCUT2D eigenvalue weighted by molar-refractivity contribution is -0.115. The van der Waals surface area contributed by atoms with Gasteiger partial charge in [-0.25, -0.2) is 9.98 Å². The lowest BCUT2D eigenvalue weighted by atomic mass is 10.1. The highest BCUT2D eigenvalue weighted by atomic mass is 35.5. The average Bonchev–Trinajstić information content (AvgIpc) is 2.70. The molecule has 0 atom stereocenters. The maximum Gasteiger partial charge on any atom is 0.267 e. The van der Waals surface area contributed by atoms with Gasteiger partial charge in [0.05, 0.1) is 11.9 Å². The number of carbonyl (C=O) groups excluding carboxylic acids is 1. The van der Waals surface area contributed by atoms with Crippen LogP contribution in [0.1, 0.15) is 0 Å². The zero-order valence-electron chi connectivity index (χ0n) is 9.88. The van der Waals surface area contributed by atoms with Crippen LogP contribution in [-0.2, 0) is 4.79 Å². The van der Waals surface area contributed by atoms with Gasteiger partial charge < -0.3 is 9.80 Å². The monoisotopic (exact) mass is 274 g/mol. The van der Waals surface area contributed by atoms with Gasteiger partial charge in [0.15, 0.2) is 11.7 Å². The number of hydrogen-bond acceptors (Lipinski definition) is 5. The van der Waals surface area contributed by atoms with E-state index in [9.17, 15) is 4.79 Å². The van der Waals surface area contributed by atoms with Crippen molar-refractivity contribution in [2.45, 2.75) is 0 Å². The van der Waals surface area contributed by atoms with Gasteiger partial charge in [0.1, 0.15) is 17.4 Å². The highest BCUT2D eigenvalue weighted by molar-refractivity contribution is 6.50. The minimum Gasteiger partial charge on any atom is -0.353 e. The molecule has 1 aromatic rings. The first-order valence-electron chi connectivity index (χ1n) is 5.92. The number of aliphatic imine (C=N–C) groups is 2. The largest absolute Gasteiger partial charge is 0.353 e. The smallest absolute Gasteiger partial charge is 0.267 e. The van der Waals surface area contributed by atoms with Gasteiger partial charge in [0.2, 0.25) is 0 Å². The number of carbonyl (C=O) groups is 1. The summed E-state index contributed by atoms with van der Waals surface area (Å²) < 4.78 is 0. The summed E-state index contributed by atoms with van der Waals surface area (Å²) in [5.74, 6) is 1.20. The highest BCUT2D eigenvalue weighted by Gasteiger charge is 2.37. The zero-order chi connectivity index (χ0) is 13.0. The molecule has 6 nitrogen and oxygen atoms in total. The first-order valence-corrected chi connectivity index (χ1v) is 6.30. The molecule has 1 aromatic heterocycles. The normalized spacial score (nSPS) is 20.6. The van der Waals surface area contributed by atoms with Crippen LogP contribution < -0.4 is 4.90 Å². The van der Waals surface area contributed by atoms with Gasteiger partial charge >= 0.3 is 0 Å². The Morgan fingerprint density at radius 3 is 2.79 bits per heavy atom. The summed E-state index contributed by atoms with van der Waals surface area (Å²) in [4.78, 5) is 28.2. The van der Waals surface area contributed by atoms with E-state index in [4.69, 9.17) is 11.6 Å². The summed E-state index contributed by atoms with van der Waals surface area (Å²) in [6, 6.07) is 1.72. The number of hydrogen-bond donors (Lipinski definition) is 0. The fraction of sp³-hybridized carbons (Fsp3) is 0.250. The fourth-order valence-corrected chi connectivity index (χ4v) is 2.47. The van der Waals surface area contributed by atoms with Gasteiger partial charge in [0.25, 0.3) is 5.91 Å². The summed E-state index contributed by atoms with van der Waals surface area (Å²) >= 11 is 5.91. The molecule has 19 heavy (non-hydrogen) atoms. The van der Waals surface area contributed by atoms with Crippen LogP contribution >= 0.6 is 11.6 Å². The number of pyridine rings is 1. The van der Waals surface area contributed by atoms with Gasteiger partial charge in [-0.15, -0.1) is 0 Å². The van der Waals surface area contributed by atoms with Gasteiger partial charge in [-0.05, 0) is 0 Å². The van der Waals surface area contributed by atoms with E-state index in [-0.39, 0.29) is 12.5 Å². The molecule has 0 unspecified atom stereocenters. The molecule has 1 amide bonds. The Balaban J connectivity index is 1.89. The van der Waals surface area contributed by atoms with Gasteiger partial charge in [0, 0.05) is 25.6 Å². The number of aromatic nitrogens is 1. The summed E-state index contributed by atoms with van der Waals surface area (Å²) in [7, 11) is 0. The summed E-state index contributed by atoms with van der Waals surface area (Å²) in [5, 5.41) is 0.383. The van der Waals surface area contributed by atoms with Crippen LogP contribution in [0.2, 0.25) is 5.15 Å². The second-order valence-corrected chi connectivity index (χ2v) is 4.93. The molecule has 0 bridgehead atoms. The van der Waals surface area contributed by atoms with Crippen LogP contribution in [0.15, 0.2) is 22.2 Å². The zero-order valence-corrected chi connectivity index (χ0v) is 10.6. The quantitative estimate of drug-likeness (QED) is 0.663. The molecule has 0 saturated carbocycles. The molecular weight excluding hydrogens is 266 g/mol. The van der Waals surface area contributed by atoms with E-state index in [0.29, 0.717) is 11.0 Å². The minimum atomic E-state index is -0.159. The Bertz CT molecular complexity index is 650. The Hall–Kier alpha value is -1.95. The van der Waals surface area contributed by atoms with Crippen molar-refractivity contribution in [3.63, 3.8) is 0 Å². The summed E-state index contributed by atoms with van der Waals surface area (Å²) in [5.41, 5.74) is 1.51. The second-order valence-electron chi connectivity index (χ2n) is 4.54. The number of fused-ring (bicyclic) bond motifs is 3. The topological polar surface area (TPSA) is 61.2 Å². The van der Waals surface area contributed by atoms with Crippen LogP contribution in [0.5, 0.6) is 0 Å². The Morgan fingerprint density at radius 1 is 1.21 bits per heavy atom. The van der Waals surface area contributed by atoms with Gasteiger partial charge in [-0.2, -0.15) is 4.99 Å². The van der Waals surface area contributed by atoms with Crippen molar-refractivity contribution in [3.05, 3.63) is 23.8 Å². The van der Waals surface area contributed by atoms with Crippen molar-refractivity contribution in [2.24, 2.45) is 9.98 Å². The molecule has 1 fully saturated rings. The number of likely N-dealkylation sites (tertiary alicyclic amines) is 1. The van der Waals surface area contributed by atoms with Crippen molar-refractivity contribution in [1.82, 2.24) is 9.88 Å². The molecular formula is C12H9ClN5O. The van der Waals surface area contributed by atoms with Crippen molar-refractivity contribution in [3.8, 4) is 0 Å². The molecule has 1 saturated heterocycles. The van der Waals surface area contributed by atoms with Crippen molar-refractivity contribution in [1.29, 1.82) is 0 Å². The number of amides is 1. The summed E-state index contributed by atoms with van der Waals surface area (Å²) in [6.45, 7) is 1.89. The van der Waals surface area contributed by atoms with E-state index in [2.05, 4.69) is 26.3 Å². The first-order chi connectivity index (χ1) is 9.22. The minimum absolute atomic E-state index is 0.159. The van der Waals surface area contributed by atoms with E-state index in [0.717, 1.165) is 30.3 Å². The Morgan fingerprint density at radius 2 is 2.05 bits per heavy atom. The van der Waals surface area contributed by atoms with Crippen LogP contribution in [0, 0.1) is 6.42 Å². The number of amidine groups is 2. The van der Waals surface area contributed by atoms with E-state index in [1.807, 2.05) is 4.90 Å². The molecule has 4 heterocycles. The maximum absolute atomic E-state index is 11.6. The lowest BCUT2D eigenvalue weighted by Crippen LogP contribution is -2.51. The van der Waals surface area contributed by atoms with Crippen LogP contribution in [0.25, 0.3) is 0 Å². The van der Waals surface area contributed by atoms with E-state index in [1.54, 1.807) is 12.3 Å². The third-order valence-corrected chi connectivity index (χ3v) is 3.53. The number of anilines is 1. The SMILES string of the molecule is O=C1CN2C(=N1)C(N1C[CH]C1)=Nc1cnc(Cl)cc12. The predicted molar refractivity (Wildman–Crippen MR) is 72.0 cm³/mol. The molecule has 1 radical (unpaired) electrons. The standard InChI is InChI=1S/C12H9ClN5O/c13-9-4-8-7(5-14-9)15-11(17-2-1-3-17)12-16-10(19)6-18(8)12/h1,4-5H,2-3,6H2. The molecule has 4 rings (SSSR count). The third-order valence-electron chi connectivity index (χ3n) is 3.32. The molecule has 0 aromatic carbocycles. The predicted octanol–water partition coefficient (Wildman–Crippen LogP) is 1.04. The lowest BCUT2D eigenvalue weighted by Gasteiger charge is -2.37. The molecule has 3 aliphatic rings. The number of rotatable bonds is 0. The maximum atomic E-state index is 11.6. The van der Waals surface area contributed by atoms with Crippen molar-refractivity contribution in [2.75, 3.05) is 24.5 Å². The molecule has 0 spiro atoms. The highest BCUT2D eigenvalue weighted by Crippen LogP contribution is 2.36. The second kappa shape index (κ2) is 3.77. The van der Waals surface area contributed by atoms with Gasteiger partial charge in [-0.1, -0.05) is 11.6 Å². The average molecular weight is 275 g/mol. The molecule has 95 valence electrons. The van der Waals surface area contributed by atoms with E-state index in [1.165, 1.54) is 0 Å². The van der Waals surface area contributed by atoms with Crippen LogP contribution in [0.4, 0.5) is 11.4 Å². The fourth-order valence-electron chi connectivity index (χ4n) is 2.32. The number of halogens is 1. The Labute approximate surface area is 114 Å². The van der Waals surface area contributed by atoms with E-state index >= 15 is 0 Å². The third kappa shape index (κ3) is 1.56. The van der Waals surface area contributed by atoms with Crippen molar-refractivity contribution < 1.29 is 4.79 Å².